The standard InChI is InChI=1S/C39H26BrNO3/c40-29-21-23-30(24-22-29)41-35(42)33-34(36(41)43)39(28-19-11-4-12-20-28)32(26-15-7-2-8-16-26)31(25-13-5-1-6-14-25)38(33,37(39)44)27-17-9-3-10-18-27/h1-24,33-34H/t33-,34+,38-,39+. The zero-order valence-electron chi connectivity index (χ0n) is 23.6. The number of hydrogen-bond donors (Lipinski definition) is 0. The maximum atomic E-state index is 15.8. The number of rotatable bonds is 5. The number of nitrogens with zero attached hydrogens (tertiary/aromatic N) is 1. The first-order valence-corrected chi connectivity index (χ1v) is 15.5. The molecule has 0 radical (unpaired) electrons. The van der Waals surface area contributed by atoms with Crippen LogP contribution in [-0.4, -0.2) is 17.6 Å². The van der Waals surface area contributed by atoms with Gasteiger partial charge in [0.1, 0.15) is 0 Å². The molecule has 0 N–H and O–H groups in total. The molecule has 2 bridgehead atoms. The molecule has 4 atom stereocenters. The number of fused-ring (bicyclic) bond motifs is 5. The Labute approximate surface area is 263 Å². The van der Waals surface area contributed by atoms with Crippen molar-refractivity contribution in [3.8, 4) is 0 Å². The number of anilines is 1. The van der Waals surface area contributed by atoms with Crippen molar-refractivity contribution in [2.24, 2.45) is 11.8 Å². The maximum absolute atomic E-state index is 15.8. The van der Waals surface area contributed by atoms with E-state index in [4.69, 9.17) is 0 Å². The molecule has 0 unspecified atom stereocenters. The van der Waals surface area contributed by atoms with Gasteiger partial charge in [0, 0.05) is 4.47 Å². The largest absolute Gasteiger partial charge is 0.297 e. The Hall–Kier alpha value is -4.87. The van der Waals surface area contributed by atoms with Crippen LogP contribution in [0.1, 0.15) is 22.3 Å². The summed E-state index contributed by atoms with van der Waals surface area (Å²) in [5.41, 5.74) is 2.47. The second kappa shape index (κ2) is 9.83. The van der Waals surface area contributed by atoms with E-state index in [1.807, 2.05) is 133 Å². The van der Waals surface area contributed by atoms with Gasteiger partial charge in [0.05, 0.1) is 28.4 Å². The second-order valence-corrected chi connectivity index (χ2v) is 12.5. The number of carbonyl (C=O) groups is 3. The van der Waals surface area contributed by atoms with Crippen LogP contribution in [0.25, 0.3) is 11.1 Å². The van der Waals surface area contributed by atoms with Crippen LogP contribution < -0.4 is 4.90 Å². The number of carbonyl (C=O) groups excluding carboxylic acids is 3. The second-order valence-electron chi connectivity index (χ2n) is 11.6. The van der Waals surface area contributed by atoms with Gasteiger partial charge < -0.3 is 0 Å². The molecule has 2 aliphatic carbocycles. The topological polar surface area (TPSA) is 54.5 Å². The Balaban J connectivity index is 1.55. The smallest absolute Gasteiger partial charge is 0.239 e. The van der Waals surface area contributed by atoms with Crippen molar-refractivity contribution in [3.63, 3.8) is 0 Å². The van der Waals surface area contributed by atoms with Crippen LogP contribution in [0.2, 0.25) is 0 Å². The summed E-state index contributed by atoms with van der Waals surface area (Å²) >= 11 is 3.48. The molecule has 1 heterocycles. The minimum atomic E-state index is -1.40. The minimum absolute atomic E-state index is 0.118. The van der Waals surface area contributed by atoms with Gasteiger partial charge >= 0.3 is 0 Å². The molecule has 5 aromatic carbocycles. The molecular formula is C39H26BrNO3. The molecule has 5 aromatic rings. The van der Waals surface area contributed by atoms with Crippen LogP contribution in [0, 0.1) is 11.8 Å². The monoisotopic (exact) mass is 635 g/mol. The van der Waals surface area contributed by atoms with E-state index in [9.17, 15) is 9.59 Å². The molecule has 212 valence electrons. The molecular weight excluding hydrogens is 610 g/mol. The summed E-state index contributed by atoms with van der Waals surface area (Å²) in [4.78, 5) is 46.9. The summed E-state index contributed by atoms with van der Waals surface area (Å²) in [6.45, 7) is 0. The Morgan fingerprint density at radius 3 is 1.23 bits per heavy atom. The van der Waals surface area contributed by atoms with Crippen molar-refractivity contribution in [3.05, 3.63) is 172 Å². The Morgan fingerprint density at radius 1 is 0.477 bits per heavy atom. The SMILES string of the molecule is O=C1[C@@H]2[C@H](C(=O)N1c1ccc(Br)cc1)[C@]1(c3ccccc3)C(=O)[C@@]2(c2ccccc2)C(c2ccccc2)=C1c1ccccc1. The average Bonchev–Trinajstić information content (AvgIpc) is 3.59. The molecule has 2 amide bonds. The third kappa shape index (κ3) is 3.30. The zero-order valence-corrected chi connectivity index (χ0v) is 25.1. The van der Waals surface area contributed by atoms with Crippen LogP contribution in [0.4, 0.5) is 5.69 Å². The molecule has 0 aromatic heterocycles. The van der Waals surface area contributed by atoms with Crippen LogP contribution >= 0.6 is 15.9 Å². The molecule has 5 heteroatoms. The van der Waals surface area contributed by atoms with E-state index in [0.717, 1.165) is 37.9 Å². The van der Waals surface area contributed by atoms with Crippen LogP contribution in [0.5, 0.6) is 0 Å². The summed E-state index contributed by atoms with van der Waals surface area (Å²) in [5, 5.41) is 0. The highest BCUT2D eigenvalue weighted by atomic mass is 79.9. The van der Waals surface area contributed by atoms with Crippen molar-refractivity contribution in [2.75, 3.05) is 4.90 Å². The zero-order chi connectivity index (χ0) is 30.1. The average molecular weight is 637 g/mol. The molecule has 44 heavy (non-hydrogen) atoms. The first-order valence-electron chi connectivity index (χ1n) is 14.7. The number of benzene rings is 5. The Kier molecular flexibility index (Phi) is 5.97. The van der Waals surface area contributed by atoms with E-state index in [1.54, 1.807) is 12.1 Å². The molecule has 2 fully saturated rings. The van der Waals surface area contributed by atoms with E-state index in [-0.39, 0.29) is 17.6 Å². The highest BCUT2D eigenvalue weighted by Crippen LogP contribution is 2.74. The lowest BCUT2D eigenvalue weighted by Crippen LogP contribution is -2.45. The summed E-state index contributed by atoms with van der Waals surface area (Å²) in [5.74, 6) is -2.68. The highest BCUT2D eigenvalue weighted by molar-refractivity contribution is 9.10. The van der Waals surface area contributed by atoms with Gasteiger partial charge in [-0.2, -0.15) is 0 Å². The fraction of sp³-hybridized carbons (Fsp3) is 0.103. The fourth-order valence-electron chi connectivity index (χ4n) is 8.18. The lowest BCUT2D eigenvalue weighted by Gasteiger charge is -2.39. The summed E-state index contributed by atoms with van der Waals surface area (Å²) in [7, 11) is 0. The number of imide groups is 1. The minimum Gasteiger partial charge on any atom is -0.297 e. The maximum Gasteiger partial charge on any atom is 0.239 e. The van der Waals surface area contributed by atoms with Crippen LogP contribution in [-0.2, 0) is 25.2 Å². The van der Waals surface area contributed by atoms with E-state index in [2.05, 4.69) is 15.9 Å². The van der Waals surface area contributed by atoms with Gasteiger partial charge in [-0.25, -0.2) is 4.90 Å². The van der Waals surface area contributed by atoms with Crippen molar-refractivity contribution < 1.29 is 14.4 Å². The lowest BCUT2D eigenvalue weighted by atomic mass is 9.59. The van der Waals surface area contributed by atoms with Crippen molar-refractivity contribution in [1.29, 1.82) is 0 Å². The van der Waals surface area contributed by atoms with Gasteiger partial charge in [-0.3, -0.25) is 14.4 Å². The fourth-order valence-corrected chi connectivity index (χ4v) is 8.44. The third-order valence-electron chi connectivity index (χ3n) is 9.66. The Bertz CT molecular complexity index is 1850. The Morgan fingerprint density at radius 2 is 0.841 bits per heavy atom. The number of amides is 2. The molecule has 4 nitrogen and oxygen atoms in total. The molecule has 8 rings (SSSR count). The molecule has 3 aliphatic rings. The van der Waals surface area contributed by atoms with Gasteiger partial charge in [-0.05, 0) is 57.7 Å². The van der Waals surface area contributed by atoms with E-state index < -0.39 is 22.7 Å². The predicted octanol–water partition coefficient (Wildman–Crippen LogP) is 7.64. The third-order valence-corrected chi connectivity index (χ3v) is 10.2. The summed E-state index contributed by atoms with van der Waals surface area (Å²) in [6.07, 6.45) is 0. The number of allylic oxidation sites excluding steroid dienone is 2. The normalized spacial score (nSPS) is 25.6. The van der Waals surface area contributed by atoms with E-state index in [0.29, 0.717) is 5.69 Å². The first-order chi connectivity index (χ1) is 21.5. The molecule has 0 spiro atoms. The first kappa shape index (κ1) is 26.7. The van der Waals surface area contributed by atoms with Gasteiger partial charge in [-0.1, -0.05) is 137 Å². The van der Waals surface area contributed by atoms with Crippen LogP contribution in [0.3, 0.4) is 0 Å². The van der Waals surface area contributed by atoms with E-state index >= 15 is 4.79 Å². The van der Waals surface area contributed by atoms with E-state index in [1.165, 1.54) is 4.90 Å². The van der Waals surface area contributed by atoms with Gasteiger partial charge in [0.2, 0.25) is 11.8 Å². The molecule has 1 saturated carbocycles. The lowest BCUT2D eigenvalue weighted by molar-refractivity contribution is -0.130. The molecule has 1 aliphatic heterocycles. The number of halogens is 1. The molecule has 1 saturated heterocycles. The van der Waals surface area contributed by atoms with Gasteiger partial charge in [0.25, 0.3) is 0 Å². The predicted molar refractivity (Wildman–Crippen MR) is 175 cm³/mol. The summed E-state index contributed by atoms with van der Waals surface area (Å²) < 4.78 is 0.844. The number of Topliss-reactive ketones (excluding diaryl/α,β-unsaturated/α-hetero) is 1. The van der Waals surface area contributed by atoms with Crippen molar-refractivity contribution in [1.82, 2.24) is 0 Å². The summed E-state index contributed by atoms with van der Waals surface area (Å²) in [6, 6.07) is 46.2. The quantitative estimate of drug-likeness (QED) is 0.187. The number of hydrogen-bond acceptors (Lipinski definition) is 3. The number of ketones is 1. The van der Waals surface area contributed by atoms with Crippen molar-refractivity contribution in [2.45, 2.75) is 10.8 Å². The highest BCUT2D eigenvalue weighted by Gasteiger charge is 2.82. The van der Waals surface area contributed by atoms with Crippen LogP contribution in [0.15, 0.2) is 150 Å². The van der Waals surface area contributed by atoms with Gasteiger partial charge in [-0.15, -0.1) is 0 Å². The van der Waals surface area contributed by atoms with Gasteiger partial charge in [0.15, 0.2) is 5.78 Å². The van der Waals surface area contributed by atoms with Crippen molar-refractivity contribution >= 4 is 50.4 Å².